The maximum absolute atomic E-state index is 13.1. The van der Waals surface area contributed by atoms with Crippen molar-refractivity contribution in [2.75, 3.05) is 32.8 Å². The quantitative estimate of drug-likeness (QED) is 0.667. The first kappa shape index (κ1) is 19.6. The minimum Gasteiger partial charge on any atom is -0.450 e. The minimum absolute atomic E-state index is 0.141. The monoisotopic (exact) mass is 405 g/mol. The summed E-state index contributed by atoms with van der Waals surface area (Å²) in [6.45, 7) is 3.79. The Morgan fingerprint density at radius 2 is 1.50 bits per heavy atom. The molecule has 30 heavy (non-hydrogen) atoms. The Morgan fingerprint density at radius 1 is 0.900 bits per heavy atom. The highest BCUT2D eigenvalue weighted by molar-refractivity contribution is 5.91. The van der Waals surface area contributed by atoms with Gasteiger partial charge in [0, 0.05) is 31.7 Å². The fraction of sp³-hybridized carbons (Fsp3) is 0.273. The fourth-order valence-electron chi connectivity index (χ4n) is 3.37. The van der Waals surface area contributed by atoms with Crippen LogP contribution in [0.5, 0.6) is 0 Å². The number of para-hydroxylation sites is 1. The van der Waals surface area contributed by atoms with E-state index in [2.05, 4.69) is 10.1 Å². The van der Waals surface area contributed by atoms with Crippen molar-refractivity contribution in [3.05, 3.63) is 66.5 Å². The molecule has 2 heterocycles. The van der Waals surface area contributed by atoms with Gasteiger partial charge < -0.3 is 14.5 Å². The van der Waals surface area contributed by atoms with E-state index in [1.807, 2.05) is 60.7 Å². The second kappa shape index (κ2) is 8.77. The zero-order valence-electron chi connectivity index (χ0n) is 16.8. The molecule has 4 rings (SSSR count). The minimum atomic E-state index is -0.345. The maximum Gasteiger partial charge on any atom is 0.409 e. The molecule has 0 aliphatic carbocycles. The molecule has 0 unspecified atom stereocenters. The van der Waals surface area contributed by atoms with E-state index in [0.29, 0.717) is 38.6 Å². The zero-order valence-corrected chi connectivity index (χ0v) is 16.8. The topological polar surface area (TPSA) is 80.6 Å². The highest BCUT2D eigenvalue weighted by atomic mass is 16.6. The molecular weight excluding hydrogens is 382 g/mol. The van der Waals surface area contributed by atoms with E-state index >= 15 is 0 Å². The number of hydrogen-bond donors (Lipinski definition) is 0. The summed E-state index contributed by atoms with van der Waals surface area (Å²) in [6.07, 6.45) is -0.345. The van der Waals surface area contributed by atoms with E-state index in [4.69, 9.17) is 4.74 Å². The van der Waals surface area contributed by atoms with Crippen LogP contribution in [0.15, 0.2) is 60.7 Å². The van der Waals surface area contributed by atoms with Crippen LogP contribution in [0.2, 0.25) is 0 Å². The van der Waals surface area contributed by atoms with Crippen molar-refractivity contribution in [2.24, 2.45) is 0 Å². The molecule has 0 atom stereocenters. The molecule has 1 aromatic heterocycles. The number of benzene rings is 2. The molecule has 1 saturated heterocycles. The van der Waals surface area contributed by atoms with E-state index < -0.39 is 0 Å². The lowest BCUT2D eigenvalue weighted by atomic mass is 10.2. The van der Waals surface area contributed by atoms with Gasteiger partial charge >= 0.3 is 6.09 Å². The van der Waals surface area contributed by atoms with Crippen LogP contribution in [0.1, 0.15) is 17.5 Å². The van der Waals surface area contributed by atoms with E-state index in [9.17, 15) is 9.59 Å². The Bertz CT molecular complexity index is 955. The standard InChI is InChI=1S/C22H23N5O3/c1-2-30-22(29)26-15-13-25(14-16-26)21(28)19-23-20(17-9-5-3-6-10-17)27(24-19)18-11-7-4-8-12-18/h3-12H,2,13-16H2,1H3. The van der Waals surface area contributed by atoms with Crippen molar-refractivity contribution < 1.29 is 14.3 Å². The van der Waals surface area contributed by atoms with Crippen LogP contribution in [0.25, 0.3) is 17.1 Å². The van der Waals surface area contributed by atoms with E-state index in [0.717, 1.165) is 11.3 Å². The van der Waals surface area contributed by atoms with Crippen LogP contribution in [0.4, 0.5) is 4.79 Å². The van der Waals surface area contributed by atoms with Gasteiger partial charge in [-0.25, -0.2) is 14.5 Å². The van der Waals surface area contributed by atoms with Crippen LogP contribution < -0.4 is 0 Å². The molecule has 0 saturated carbocycles. The van der Waals surface area contributed by atoms with Crippen LogP contribution in [-0.2, 0) is 4.74 Å². The highest BCUT2D eigenvalue weighted by Crippen LogP contribution is 2.21. The van der Waals surface area contributed by atoms with Gasteiger partial charge in [-0.1, -0.05) is 48.5 Å². The lowest BCUT2D eigenvalue weighted by molar-refractivity contribution is 0.0561. The summed E-state index contributed by atoms with van der Waals surface area (Å²) in [6, 6.07) is 19.3. The van der Waals surface area contributed by atoms with Gasteiger partial charge in [0.25, 0.3) is 5.91 Å². The van der Waals surface area contributed by atoms with Crippen molar-refractivity contribution in [3.63, 3.8) is 0 Å². The van der Waals surface area contributed by atoms with Gasteiger partial charge in [-0.05, 0) is 19.1 Å². The first-order valence-electron chi connectivity index (χ1n) is 9.96. The van der Waals surface area contributed by atoms with Gasteiger partial charge in [-0.3, -0.25) is 4.79 Å². The molecule has 0 spiro atoms. The average Bonchev–Trinajstić information content (AvgIpc) is 3.25. The summed E-state index contributed by atoms with van der Waals surface area (Å²) in [5.74, 6) is 0.503. The Balaban J connectivity index is 1.58. The van der Waals surface area contributed by atoms with Crippen molar-refractivity contribution in [2.45, 2.75) is 6.92 Å². The SMILES string of the molecule is CCOC(=O)N1CCN(C(=O)c2nc(-c3ccccc3)n(-c3ccccc3)n2)CC1. The van der Waals surface area contributed by atoms with Gasteiger partial charge in [-0.2, -0.15) is 0 Å². The van der Waals surface area contributed by atoms with Gasteiger partial charge in [0.15, 0.2) is 5.82 Å². The van der Waals surface area contributed by atoms with Crippen molar-refractivity contribution in [3.8, 4) is 17.1 Å². The number of ether oxygens (including phenoxy) is 1. The van der Waals surface area contributed by atoms with Crippen LogP contribution in [-0.4, -0.2) is 69.4 Å². The van der Waals surface area contributed by atoms with Crippen molar-refractivity contribution in [1.29, 1.82) is 0 Å². The first-order valence-corrected chi connectivity index (χ1v) is 9.96. The smallest absolute Gasteiger partial charge is 0.409 e. The second-order valence-electron chi connectivity index (χ2n) is 6.85. The third-order valence-electron chi connectivity index (χ3n) is 4.92. The zero-order chi connectivity index (χ0) is 20.9. The molecule has 3 aromatic rings. The van der Waals surface area contributed by atoms with Gasteiger partial charge in [0.05, 0.1) is 12.3 Å². The molecular formula is C22H23N5O3. The number of piperazine rings is 1. The molecule has 1 aliphatic heterocycles. The molecule has 2 aromatic carbocycles. The number of hydrogen-bond acceptors (Lipinski definition) is 5. The van der Waals surface area contributed by atoms with Crippen molar-refractivity contribution in [1.82, 2.24) is 24.6 Å². The van der Waals surface area contributed by atoms with E-state index in [1.54, 1.807) is 21.4 Å². The third kappa shape index (κ3) is 4.03. The summed E-state index contributed by atoms with van der Waals surface area (Å²) >= 11 is 0. The fourth-order valence-corrected chi connectivity index (χ4v) is 3.37. The molecule has 1 fully saturated rings. The predicted octanol–water partition coefficient (Wildman–Crippen LogP) is 2.85. The Labute approximate surface area is 174 Å². The summed E-state index contributed by atoms with van der Waals surface area (Å²) in [5, 5.41) is 4.52. The number of carbonyl (C=O) groups excluding carboxylic acids is 2. The summed E-state index contributed by atoms with van der Waals surface area (Å²) < 4.78 is 6.73. The van der Waals surface area contributed by atoms with Gasteiger partial charge in [0.1, 0.15) is 0 Å². The van der Waals surface area contributed by atoms with Gasteiger partial charge in [0.2, 0.25) is 5.82 Å². The third-order valence-corrected chi connectivity index (χ3v) is 4.92. The second-order valence-corrected chi connectivity index (χ2v) is 6.85. The predicted molar refractivity (Wildman–Crippen MR) is 111 cm³/mol. The van der Waals surface area contributed by atoms with E-state index in [1.165, 1.54) is 0 Å². The first-order chi connectivity index (χ1) is 14.7. The molecule has 2 amide bonds. The van der Waals surface area contributed by atoms with Crippen LogP contribution in [0.3, 0.4) is 0 Å². The average molecular weight is 405 g/mol. The Morgan fingerprint density at radius 3 is 2.13 bits per heavy atom. The van der Waals surface area contributed by atoms with E-state index in [-0.39, 0.29) is 17.8 Å². The summed E-state index contributed by atoms with van der Waals surface area (Å²) in [7, 11) is 0. The van der Waals surface area contributed by atoms with Crippen LogP contribution in [0, 0.1) is 0 Å². The number of amides is 2. The lowest BCUT2D eigenvalue weighted by Crippen LogP contribution is -2.51. The number of aromatic nitrogens is 3. The van der Waals surface area contributed by atoms with Crippen LogP contribution >= 0.6 is 0 Å². The highest BCUT2D eigenvalue weighted by Gasteiger charge is 2.28. The molecule has 0 radical (unpaired) electrons. The number of carbonyl (C=O) groups is 2. The summed E-state index contributed by atoms with van der Waals surface area (Å²) in [4.78, 5) is 32.8. The molecule has 154 valence electrons. The molecule has 1 aliphatic rings. The van der Waals surface area contributed by atoms with Gasteiger partial charge in [-0.15, -0.1) is 5.10 Å². The summed E-state index contributed by atoms with van der Waals surface area (Å²) in [5.41, 5.74) is 1.70. The maximum atomic E-state index is 13.1. The molecule has 0 N–H and O–H groups in total. The molecule has 8 nitrogen and oxygen atoms in total. The lowest BCUT2D eigenvalue weighted by Gasteiger charge is -2.33. The molecule has 0 bridgehead atoms. The van der Waals surface area contributed by atoms with Crippen molar-refractivity contribution >= 4 is 12.0 Å². The number of rotatable bonds is 4. The normalized spacial score (nSPS) is 13.9. The largest absolute Gasteiger partial charge is 0.450 e. The Hall–Kier alpha value is -3.68. The molecule has 8 heteroatoms. The Kier molecular flexibility index (Phi) is 5.74. The number of nitrogens with zero attached hydrogens (tertiary/aromatic N) is 5.